The Hall–Kier alpha value is -1.20. The zero-order chi connectivity index (χ0) is 11.1. The largest absolute Gasteiger partial charge is 0.462 e. The predicted octanol–water partition coefficient (Wildman–Crippen LogP) is -0.793. The van der Waals surface area contributed by atoms with Crippen molar-refractivity contribution in [1.29, 1.82) is 0 Å². The second-order valence-electron chi connectivity index (χ2n) is 2.86. The molecule has 0 saturated heterocycles. The molecule has 0 rings (SSSR count). The first-order valence-electron chi connectivity index (χ1n) is 4.14. The Labute approximate surface area is 83.0 Å². The molecule has 1 atom stereocenters. The third kappa shape index (κ3) is 3.68. The number of esters is 1. The summed E-state index contributed by atoms with van der Waals surface area (Å²) in [6, 6.07) is -0.973. The molecule has 0 aliphatic rings. The summed E-state index contributed by atoms with van der Waals surface area (Å²) in [4.78, 5) is 24.0. The molecule has 0 heterocycles. The fourth-order valence-corrected chi connectivity index (χ4v) is 0.918. The number of likely N-dealkylation sites (N-methyl/N-ethyl adjacent to an activating group) is 1. The Bertz CT molecular complexity index is 225. The van der Waals surface area contributed by atoms with Crippen molar-refractivity contribution in [3.8, 4) is 0 Å². The van der Waals surface area contributed by atoms with Crippen LogP contribution in [0.25, 0.3) is 0 Å². The molecular formula is C9H15NO4. The van der Waals surface area contributed by atoms with Gasteiger partial charge in [0.2, 0.25) is 0 Å². The van der Waals surface area contributed by atoms with E-state index in [9.17, 15) is 9.59 Å². The van der Waals surface area contributed by atoms with Crippen LogP contribution in [0.4, 0.5) is 0 Å². The fourth-order valence-electron chi connectivity index (χ4n) is 0.918. The maximum atomic E-state index is 11.3. The lowest BCUT2D eigenvalue weighted by Gasteiger charge is -2.19. The van der Waals surface area contributed by atoms with Crippen LogP contribution >= 0.6 is 0 Å². The highest BCUT2D eigenvalue weighted by molar-refractivity contribution is 6.08. The zero-order valence-electron chi connectivity index (χ0n) is 8.40. The first-order valence-corrected chi connectivity index (χ1v) is 4.14. The van der Waals surface area contributed by atoms with Crippen molar-refractivity contribution in [3.63, 3.8) is 0 Å². The van der Waals surface area contributed by atoms with Crippen LogP contribution in [-0.4, -0.2) is 55.1 Å². The SMILES string of the molecule is C=CC(=O)C(C(=O)OCCO)N(C)C. The van der Waals surface area contributed by atoms with Gasteiger partial charge < -0.3 is 9.84 Å². The topological polar surface area (TPSA) is 66.8 Å². The molecule has 0 fully saturated rings. The van der Waals surface area contributed by atoms with Crippen molar-refractivity contribution in [3.05, 3.63) is 12.7 Å². The molecule has 5 heteroatoms. The monoisotopic (exact) mass is 201 g/mol. The number of carbonyl (C=O) groups is 2. The maximum Gasteiger partial charge on any atom is 0.331 e. The molecule has 0 radical (unpaired) electrons. The Balaban J connectivity index is 4.41. The van der Waals surface area contributed by atoms with Gasteiger partial charge in [-0.05, 0) is 20.2 Å². The van der Waals surface area contributed by atoms with Gasteiger partial charge in [-0.3, -0.25) is 9.69 Å². The van der Waals surface area contributed by atoms with E-state index in [1.165, 1.54) is 4.90 Å². The van der Waals surface area contributed by atoms with Crippen LogP contribution in [0.2, 0.25) is 0 Å². The van der Waals surface area contributed by atoms with Crippen LogP contribution in [0.3, 0.4) is 0 Å². The van der Waals surface area contributed by atoms with E-state index in [0.29, 0.717) is 0 Å². The first-order chi connectivity index (χ1) is 6.54. The Morgan fingerprint density at radius 3 is 2.50 bits per heavy atom. The van der Waals surface area contributed by atoms with Crippen molar-refractivity contribution in [2.24, 2.45) is 0 Å². The number of hydrogen-bond acceptors (Lipinski definition) is 5. The van der Waals surface area contributed by atoms with E-state index in [4.69, 9.17) is 5.11 Å². The average molecular weight is 201 g/mol. The van der Waals surface area contributed by atoms with Gasteiger partial charge in [-0.1, -0.05) is 6.58 Å². The summed E-state index contributed by atoms with van der Waals surface area (Å²) in [5.41, 5.74) is 0. The van der Waals surface area contributed by atoms with E-state index in [1.54, 1.807) is 14.1 Å². The van der Waals surface area contributed by atoms with Crippen LogP contribution in [0.15, 0.2) is 12.7 Å². The number of ether oxygens (including phenoxy) is 1. The summed E-state index contributed by atoms with van der Waals surface area (Å²) in [6.07, 6.45) is 1.07. The lowest BCUT2D eigenvalue weighted by Crippen LogP contribution is -2.43. The number of aliphatic hydroxyl groups excluding tert-OH is 1. The van der Waals surface area contributed by atoms with Crippen molar-refractivity contribution in [2.45, 2.75) is 6.04 Å². The van der Waals surface area contributed by atoms with E-state index in [0.717, 1.165) is 6.08 Å². The van der Waals surface area contributed by atoms with E-state index in [2.05, 4.69) is 11.3 Å². The van der Waals surface area contributed by atoms with Gasteiger partial charge in [0.1, 0.15) is 6.61 Å². The van der Waals surface area contributed by atoms with Gasteiger partial charge in [0.15, 0.2) is 11.8 Å². The number of carbonyl (C=O) groups excluding carboxylic acids is 2. The van der Waals surface area contributed by atoms with Gasteiger partial charge in [-0.25, -0.2) is 4.79 Å². The normalized spacial score (nSPS) is 12.3. The summed E-state index contributed by atoms with van der Waals surface area (Å²) >= 11 is 0. The number of nitrogens with zero attached hydrogens (tertiary/aromatic N) is 1. The Kier molecular flexibility index (Phi) is 5.74. The molecule has 80 valence electrons. The quantitative estimate of drug-likeness (QED) is 0.346. The molecule has 1 N–H and O–H groups in total. The molecule has 5 nitrogen and oxygen atoms in total. The van der Waals surface area contributed by atoms with E-state index in [-0.39, 0.29) is 13.2 Å². The molecule has 0 spiro atoms. The lowest BCUT2D eigenvalue weighted by atomic mass is 10.1. The van der Waals surface area contributed by atoms with Crippen LogP contribution in [-0.2, 0) is 14.3 Å². The van der Waals surface area contributed by atoms with Gasteiger partial charge in [0.05, 0.1) is 6.61 Å². The molecule has 0 bridgehead atoms. The number of rotatable bonds is 6. The smallest absolute Gasteiger partial charge is 0.331 e. The highest BCUT2D eigenvalue weighted by atomic mass is 16.5. The van der Waals surface area contributed by atoms with Crippen LogP contribution in [0.1, 0.15) is 0 Å². The third-order valence-electron chi connectivity index (χ3n) is 1.55. The van der Waals surface area contributed by atoms with Gasteiger partial charge >= 0.3 is 5.97 Å². The van der Waals surface area contributed by atoms with Gasteiger partial charge in [0.25, 0.3) is 0 Å². The van der Waals surface area contributed by atoms with Crippen molar-refractivity contribution in [2.75, 3.05) is 27.3 Å². The lowest BCUT2D eigenvalue weighted by molar-refractivity contribution is -0.152. The molecule has 0 aromatic carbocycles. The molecule has 14 heavy (non-hydrogen) atoms. The molecule has 1 unspecified atom stereocenters. The fraction of sp³-hybridized carbons (Fsp3) is 0.556. The maximum absolute atomic E-state index is 11.3. The highest BCUT2D eigenvalue weighted by Crippen LogP contribution is 1.99. The number of hydrogen-bond donors (Lipinski definition) is 1. The van der Waals surface area contributed by atoms with Crippen LogP contribution < -0.4 is 0 Å². The third-order valence-corrected chi connectivity index (χ3v) is 1.55. The molecule has 0 saturated carbocycles. The number of aliphatic hydroxyl groups is 1. The predicted molar refractivity (Wildman–Crippen MR) is 50.7 cm³/mol. The summed E-state index contributed by atoms with van der Waals surface area (Å²) in [7, 11) is 3.18. The number of ketones is 1. The second-order valence-corrected chi connectivity index (χ2v) is 2.86. The summed E-state index contributed by atoms with van der Waals surface area (Å²) in [5, 5.41) is 8.44. The van der Waals surface area contributed by atoms with Crippen molar-refractivity contribution in [1.82, 2.24) is 4.90 Å². The standard InChI is InChI=1S/C9H15NO4/c1-4-7(12)8(10(2)3)9(13)14-6-5-11/h4,8,11H,1,5-6H2,2-3H3. The van der Waals surface area contributed by atoms with Gasteiger partial charge in [0, 0.05) is 0 Å². The van der Waals surface area contributed by atoms with Crippen molar-refractivity contribution >= 4 is 11.8 Å². The zero-order valence-corrected chi connectivity index (χ0v) is 8.40. The summed E-state index contributed by atoms with van der Waals surface area (Å²) in [6.45, 7) is 2.93. The molecule has 0 aromatic heterocycles. The second kappa shape index (κ2) is 6.28. The first kappa shape index (κ1) is 12.8. The Morgan fingerprint density at radius 1 is 1.57 bits per heavy atom. The van der Waals surface area contributed by atoms with Crippen LogP contribution in [0, 0.1) is 0 Å². The minimum atomic E-state index is -0.973. The van der Waals surface area contributed by atoms with Gasteiger partial charge in [-0.15, -0.1) is 0 Å². The average Bonchev–Trinajstić information content (AvgIpc) is 2.14. The minimum absolute atomic E-state index is 0.104. The van der Waals surface area contributed by atoms with Crippen molar-refractivity contribution < 1.29 is 19.4 Å². The van der Waals surface area contributed by atoms with Crippen LogP contribution in [0.5, 0.6) is 0 Å². The molecule has 0 aromatic rings. The van der Waals surface area contributed by atoms with E-state index >= 15 is 0 Å². The molecular weight excluding hydrogens is 186 g/mol. The molecule has 0 aliphatic heterocycles. The van der Waals surface area contributed by atoms with E-state index < -0.39 is 17.8 Å². The highest BCUT2D eigenvalue weighted by Gasteiger charge is 2.27. The Morgan fingerprint density at radius 2 is 2.14 bits per heavy atom. The molecule has 0 amide bonds. The van der Waals surface area contributed by atoms with Gasteiger partial charge in [-0.2, -0.15) is 0 Å². The minimum Gasteiger partial charge on any atom is -0.462 e. The van der Waals surface area contributed by atoms with E-state index in [1.807, 2.05) is 0 Å². The summed E-state index contributed by atoms with van der Waals surface area (Å²) in [5.74, 6) is -1.09. The summed E-state index contributed by atoms with van der Waals surface area (Å²) < 4.78 is 4.64. The molecule has 0 aliphatic carbocycles.